The van der Waals surface area contributed by atoms with E-state index in [1.165, 1.54) is 13.2 Å². The Hall–Kier alpha value is -3.44. The van der Waals surface area contributed by atoms with Gasteiger partial charge in [-0.3, -0.25) is 5.32 Å². The SMILES string of the molecule is C=CCOC(=O)O[C@@H]1[C@@H](OC(=O)Nc2ccccc2)[C@@H](OC)O[C@@H]2COC(c3ccccc3)O[C@@H]12. The van der Waals surface area contributed by atoms with Gasteiger partial charge in [0.25, 0.3) is 0 Å². The van der Waals surface area contributed by atoms with Gasteiger partial charge in [0, 0.05) is 18.4 Å². The van der Waals surface area contributed by atoms with Gasteiger partial charge in [0.05, 0.1) is 6.61 Å². The lowest BCUT2D eigenvalue weighted by atomic mass is 9.97. The van der Waals surface area contributed by atoms with Crippen LogP contribution < -0.4 is 5.32 Å². The highest BCUT2D eigenvalue weighted by atomic mass is 16.8. The van der Waals surface area contributed by atoms with Crippen LogP contribution in [0.25, 0.3) is 0 Å². The molecule has 6 atom stereocenters. The van der Waals surface area contributed by atoms with Crippen LogP contribution in [0.3, 0.4) is 0 Å². The number of rotatable bonds is 7. The maximum atomic E-state index is 12.7. The molecule has 0 radical (unpaired) electrons. The van der Waals surface area contributed by atoms with E-state index in [2.05, 4.69) is 11.9 Å². The van der Waals surface area contributed by atoms with Gasteiger partial charge in [-0.15, -0.1) is 0 Å². The number of nitrogens with one attached hydrogen (secondary N) is 1. The molecule has 4 rings (SSSR count). The summed E-state index contributed by atoms with van der Waals surface area (Å²) >= 11 is 0. The molecule has 0 aliphatic carbocycles. The molecule has 0 saturated carbocycles. The first-order chi connectivity index (χ1) is 17.1. The smallest absolute Gasteiger partial charge is 0.436 e. The van der Waals surface area contributed by atoms with Crippen molar-refractivity contribution < 1.29 is 42.7 Å². The van der Waals surface area contributed by atoms with Gasteiger partial charge in [0.1, 0.15) is 18.8 Å². The summed E-state index contributed by atoms with van der Waals surface area (Å²) in [6.07, 6.45) is -5.95. The Morgan fingerprint density at radius 1 is 1.03 bits per heavy atom. The topological polar surface area (TPSA) is 111 Å². The van der Waals surface area contributed by atoms with E-state index in [0.29, 0.717) is 5.69 Å². The highest BCUT2D eigenvalue weighted by Crippen LogP contribution is 2.36. The van der Waals surface area contributed by atoms with E-state index in [4.69, 9.17) is 33.2 Å². The van der Waals surface area contributed by atoms with Crippen molar-refractivity contribution in [3.8, 4) is 0 Å². The molecule has 2 heterocycles. The summed E-state index contributed by atoms with van der Waals surface area (Å²) in [5.41, 5.74) is 1.29. The van der Waals surface area contributed by atoms with Crippen LogP contribution in [0.5, 0.6) is 0 Å². The molecule has 0 aromatic heterocycles. The van der Waals surface area contributed by atoms with Crippen molar-refractivity contribution in [1.29, 1.82) is 0 Å². The van der Waals surface area contributed by atoms with Crippen LogP contribution in [0.2, 0.25) is 0 Å². The third-order valence-corrected chi connectivity index (χ3v) is 5.40. The van der Waals surface area contributed by atoms with Crippen molar-refractivity contribution in [2.75, 3.05) is 25.6 Å². The molecule has 10 nitrogen and oxygen atoms in total. The molecule has 186 valence electrons. The number of hydrogen-bond acceptors (Lipinski definition) is 9. The Morgan fingerprint density at radius 3 is 2.43 bits per heavy atom. The summed E-state index contributed by atoms with van der Waals surface area (Å²) < 4.78 is 39.6. The zero-order valence-corrected chi connectivity index (χ0v) is 19.1. The number of carbonyl (C=O) groups excluding carboxylic acids is 2. The van der Waals surface area contributed by atoms with Crippen LogP contribution in [-0.2, 0) is 33.2 Å². The Bertz CT molecular complexity index is 987. The molecule has 0 spiro atoms. The van der Waals surface area contributed by atoms with Crippen LogP contribution in [0.1, 0.15) is 11.9 Å². The second-order valence-corrected chi connectivity index (χ2v) is 7.75. The Morgan fingerprint density at radius 2 is 1.74 bits per heavy atom. The fourth-order valence-corrected chi connectivity index (χ4v) is 3.84. The van der Waals surface area contributed by atoms with Crippen molar-refractivity contribution in [2.45, 2.75) is 37.0 Å². The second kappa shape index (κ2) is 11.8. The van der Waals surface area contributed by atoms with Gasteiger partial charge in [0.15, 0.2) is 24.8 Å². The van der Waals surface area contributed by atoms with Crippen molar-refractivity contribution >= 4 is 17.9 Å². The van der Waals surface area contributed by atoms with E-state index in [9.17, 15) is 9.59 Å². The quantitative estimate of drug-likeness (QED) is 0.462. The number of hydrogen-bond donors (Lipinski definition) is 1. The lowest BCUT2D eigenvalue weighted by Crippen LogP contribution is -2.64. The van der Waals surface area contributed by atoms with E-state index in [-0.39, 0.29) is 13.2 Å². The van der Waals surface area contributed by atoms with Crippen molar-refractivity contribution in [1.82, 2.24) is 0 Å². The molecule has 2 fully saturated rings. The Kier molecular flexibility index (Phi) is 8.32. The number of methoxy groups -OCH3 is 1. The summed E-state index contributed by atoms with van der Waals surface area (Å²) in [5, 5.41) is 2.63. The molecule has 1 amide bonds. The summed E-state index contributed by atoms with van der Waals surface area (Å²) in [6.45, 7) is 3.59. The fraction of sp³-hybridized carbons (Fsp3) is 0.360. The van der Waals surface area contributed by atoms with Crippen molar-refractivity contribution in [3.63, 3.8) is 0 Å². The third kappa shape index (κ3) is 6.17. The maximum absolute atomic E-state index is 12.7. The van der Waals surface area contributed by atoms with Gasteiger partial charge in [-0.2, -0.15) is 0 Å². The highest BCUT2D eigenvalue weighted by molar-refractivity contribution is 5.84. The Labute approximate surface area is 202 Å². The highest BCUT2D eigenvalue weighted by Gasteiger charge is 2.54. The molecular weight excluding hydrogens is 458 g/mol. The van der Waals surface area contributed by atoms with Gasteiger partial charge in [-0.05, 0) is 12.1 Å². The van der Waals surface area contributed by atoms with Crippen LogP contribution in [0, 0.1) is 0 Å². The molecule has 1 unspecified atom stereocenters. The molecule has 35 heavy (non-hydrogen) atoms. The van der Waals surface area contributed by atoms with Crippen molar-refractivity contribution in [2.24, 2.45) is 0 Å². The number of carbonyl (C=O) groups is 2. The van der Waals surface area contributed by atoms with E-state index >= 15 is 0 Å². The largest absolute Gasteiger partial charge is 0.509 e. The molecule has 0 bridgehead atoms. The zero-order chi connectivity index (χ0) is 24.6. The van der Waals surface area contributed by atoms with Crippen LogP contribution in [0.4, 0.5) is 15.3 Å². The number of amides is 1. The molecule has 2 aliphatic rings. The molecular formula is C25H27NO9. The monoisotopic (exact) mass is 485 g/mol. The summed E-state index contributed by atoms with van der Waals surface area (Å²) in [6, 6.07) is 18.0. The molecule has 10 heteroatoms. The maximum Gasteiger partial charge on any atom is 0.509 e. The first-order valence-electron chi connectivity index (χ1n) is 11.1. The fourth-order valence-electron chi connectivity index (χ4n) is 3.84. The average molecular weight is 485 g/mol. The van der Waals surface area contributed by atoms with E-state index in [1.54, 1.807) is 24.3 Å². The minimum absolute atomic E-state index is 0.0551. The normalized spacial score (nSPS) is 27.7. The van der Waals surface area contributed by atoms with Crippen LogP contribution in [-0.4, -0.2) is 63.3 Å². The van der Waals surface area contributed by atoms with Gasteiger partial charge in [-0.1, -0.05) is 61.2 Å². The zero-order valence-electron chi connectivity index (χ0n) is 19.1. The van der Waals surface area contributed by atoms with E-state index in [1.807, 2.05) is 36.4 Å². The minimum Gasteiger partial charge on any atom is -0.436 e. The summed E-state index contributed by atoms with van der Waals surface area (Å²) in [5.74, 6) is 0. The van der Waals surface area contributed by atoms with Gasteiger partial charge < -0.3 is 33.2 Å². The molecule has 2 aromatic rings. The van der Waals surface area contributed by atoms with E-state index in [0.717, 1.165) is 5.56 Å². The number of para-hydroxylation sites is 1. The molecule has 2 aliphatic heterocycles. The number of fused-ring (bicyclic) bond motifs is 1. The average Bonchev–Trinajstić information content (AvgIpc) is 2.89. The summed E-state index contributed by atoms with van der Waals surface area (Å²) in [4.78, 5) is 25.1. The van der Waals surface area contributed by atoms with Crippen molar-refractivity contribution in [3.05, 3.63) is 78.9 Å². The standard InChI is InChI=1S/C25H27NO9/c1-3-14-30-25(28)35-20-19-18(15-31-22(33-19)16-10-6-4-7-11-16)32-23(29-2)21(20)34-24(27)26-17-12-8-5-9-13-17/h3-13,18-23H,1,14-15H2,2H3,(H,26,27)/t18-,19-,20+,21-,22?,23+/m1/s1. The van der Waals surface area contributed by atoms with E-state index < -0.39 is 49.2 Å². The lowest BCUT2D eigenvalue weighted by Gasteiger charge is -2.47. The third-order valence-electron chi connectivity index (χ3n) is 5.40. The molecule has 2 aromatic carbocycles. The van der Waals surface area contributed by atoms with Gasteiger partial charge in [-0.25, -0.2) is 9.59 Å². The molecule has 2 saturated heterocycles. The number of anilines is 1. The predicted octanol–water partition coefficient (Wildman–Crippen LogP) is 3.80. The Balaban J connectivity index is 1.56. The summed E-state index contributed by atoms with van der Waals surface area (Å²) in [7, 11) is 1.39. The molecule has 1 N–H and O–H groups in total. The first kappa shape index (κ1) is 24.7. The first-order valence-corrected chi connectivity index (χ1v) is 11.1. The van der Waals surface area contributed by atoms with Crippen LogP contribution in [0.15, 0.2) is 73.3 Å². The van der Waals surface area contributed by atoms with Gasteiger partial charge >= 0.3 is 12.2 Å². The number of ether oxygens (including phenoxy) is 7. The minimum atomic E-state index is -1.17. The number of benzene rings is 2. The second-order valence-electron chi connectivity index (χ2n) is 7.75. The van der Waals surface area contributed by atoms with Gasteiger partial charge in [0.2, 0.25) is 0 Å². The van der Waals surface area contributed by atoms with Crippen LogP contribution >= 0.6 is 0 Å². The lowest BCUT2D eigenvalue weighted by molar-refractivity contribution is -0.357. The predicted molar refractivity (Wildman–Crippen MR) is 122 cm³/mol.